The lowest BCUT2D eigenvalue weighted by Crippen LogP contribution is -2.43. The van der Waals surface area contributed by atoms with Crippen LogP contribution in [0.3, 0.4) is 0 Å². The molecule has 0 unspecified atom stereocenters. The largest absolute Gasteiger partial charge is 0.480 e. The Kier molecular flexibility index (Phi) is 6.87. The topological polar surface area (TPSA) is 121 Å². The van der Waals surface area contributed by atoms with Crippen molar-refractivity contribution >= 4 is 18.3 Å². The second-order valence-electron chi connectivity index (χ2n) is 5.85. The number of rotatable bonds is 4. The number of alkyl carbamates (subject to hydrolysis) is 1. The molecule has 0 radical (unpaired) electrons. The van der Waals surface area contributed by atoms with Gasteiger partial charge in [-0.1, -0.05) is 11.1 Å². The predicted molar refractivity (Wildman–Crippen MR) is 85.9 cm³/mol. The van der Waals surface area contributed by atoms with Gasteiger partial charge in [-0.05, 0) is 38.8 Å². The van der Waals surface area contributed by atoms with Crippen molar-refractivity contribution in [3.8, 4) is 11.8 Å². The second kappa shape index (κ2) is 8.63. The number of carbonyl (C=O) groups excluding carboxylic acids is 1. The molecule has 1 heterocycles. The zero-order chi connectivity index (χ0) is 19.0. The molecule has 1 amide bonds. The number of aromatic nitrogens is 1. The highest BCUT2D eigenvalue weighted by atomic mass is 19.1. The summed E-state index contributed by atoms with van der Waals surface area (Å²) in [6.07, 6.45) is -0.273. The standard InChI is InChI=1S/C16H18FN3O5/c1-16(2,3)25-15(23)20-12(14(21)22)6-4-5-10-7-8-11(17)13(19-10)9-18-24/h7-9,12,24H,6H2,1-3H3,(H,20,23)(H,21,22)/b18-9-/t12-/m0/s1. The van der Waals surface area contributed by atoms with Crippen molar-refractivity contribution in [2.75, 3.05) is 0 Å². The van der Waals surface area contributed by atoms with E-state index in [0.29, 0.717) is 0 Å². The summed E-state index contributed by atoms with van der Waals surface area (Å²) in [6, 6.07) is 1.09. The van der Waals surface area contributed by atoms with E-state index in [4.69, 9.17) is 15.1 Å². The van der Waals surface area contributed by atoms with Gasteiger partial charge in [-0.15, -0.1) is 0 Å². The van der Waals surface area contributed by atoms with Crippen LogP contribution >= 0.6 is 0 Å². The molecule has 1 atom stereocenters. The number of aliphatic carboxylic acids is 1. The van der Waals surface area contributed by atoms with Crippen LogP contribution in [-0.4, -0.2) is 45.2 Å². The molecule has 1 aromatic rings. The number of halogens is 1. The average molecular weight is 351 g/mol. The first kappa shape index (κ1) is 19.9. The number of carbonyl (C=O) groups is 2. The number of ether oxygens (including phenoxy) is 1. The molecule has 9 heteroatoms. The van der Waals surface area contributed by atoms with Gasteiger partial charge in [0.1, 0.15) is 23.0 Å². The van der Waals surface area contributed by atoms with Gasteiger partial charge in [0.05, 0.1) is 6.21 Å². The average Bonchev–Trinajstić information content (AvgIpc) is 2.47. The minimum absolute atomic E-state index is 0.151. The summed E-state index contributed by atoms with van der Waals surface area (Å²) in [5.41, 5.74) is -0.824. The van der Waals surface area contributed by atoms with E-state index in [1.54, 1.807) is 20.8 Å². The molecule has 0 saturated heterocycles. The number of carboxylic acid groups (broad SMARTS) is 1. The first-order chi connectivity index (χ1) is 11.6. The predicted octanol–water partition coefficient (Wildman–Crippen LogP) is 1.75. The van der Waals surface area contributed by atoms with Gasteiger partial charge < -0.3 is 20.4 Å². The molecule has 0 aliphatic rings. The van der Waals surface area contributed by atoms with Crippen LogP contribution < -0.4 is 5.32 Å². The maximum atomic E-state index is 13.3. The minimum atomic E-state index is -1.28. The number of pyridine rings is 1. The van der Waals surface area contributed by atoms with Gasteiger partial charge in [0, 0.05) is 6.42 Å². The second-order valence-corrected chi connectivity index (χ2v) is 5.85. The summed E-state index contributed by atoms with van der Waals surface area (Å²) < 4.78 is 18.3. The van der Waals surface area contributed by atoms with E-state index < -0.39 is 29.5 Å². The summed E-state index contributed by atoms with van der Waals surface area (Å²) in [5, 5.41) is 22.4. The van der Waals surface area contributed by atoms with Crippen molar-refractivity contribution in [3.63, 3.8) is 0 Å². The molecule has 0 saturated carbocycles. The SMILES string of the molecule is CC(C)(C)OC(=O)N[C@@H](CC#Cc1ccc(F)c(/C=N\O)n1)C(=O)O. The number of amides is 1. The Morgan fingerprint density at radius 1 is 1.48 bits per heavy atom. The van der Waals surface area contributed by atoms with Crippen molar-refractivity contribution in [3.05, 3.63) is 29.3 Å². The Balaban J connectivity index is 2.80. The minimum Gasteiger partial charge on any atom is -0.480 e. The van der Waals surface area contributed by atoms with Gasteiger partial charge in [-0.2, -0.15) is 0 Å². The van der Waals surface area contributed by atoms with Gasteiger partial charge in [-0.3, -0.25) is 0 Å². The number of oxime groups is 1. The van der Waals surface area contributed by atoms with Gasteiger partial charge in [-0.25, -0.2) is 19.0 Å². The van der Waals surface area contributed by atoms with Crippen LogP contribution in [0.25, 0.3) is 0 Å². The zero-order valence-corrected chi connectivity index (χ0v) is 13.9. The quantitative estimate of drug-likeness (QED) is 0.329. The maximum absolute atomic E-state index is 13.3. The summed E-state index contributed by atoms with van der Waals surface area (Å²) >= 11 is 0. The molecule has 8 nitrogen and oxygen atoms in total. The first-order valence-electron chi connectivity index (χ1n) is 7.17. The Morgan fingerprint density at radius 2 is 2.16 bits per heavy atom. The lowest BCUT2D eigenvalue weighted by Gasteiger charge is -2.21. The van der Waals surface area contributed by atoms with Gasteiger partial charge in [0.2, 0.25) is 0 Å². The van der Waals surface area contributed by atoms with Crippen LogP contribution in [0.15, 0.2) is 17.3 Å². The van der Waals surface area contributed by atoms with Gasteiger partial charge >= 0.3 is 12.1 Å². The van der Waals surface area contributed by atoms with Crippen LogP contribution in [-0.2, 0) is 9.53 Å². The lowest BCUT2D eigenvalue weighted by atomic mass is 10.2. The fourth-order valence-electron chi connectivity index (χ4n) is 1.57. The Bertz CT molecular complexity index is 732. The highest BCUT2D eigenvalue weighted by Crippen LogP contribution is 2.07. The monoisotopic (exact) mass is 351 g/mol. The molecule has 0 aliphatic carbocycles. The number of hydrogen-bond acceptors (Lipinski definition) is 6. The lowest BCUT2D eigenvalue weighted by molar-refractivity contribution is -0.139. The summed E-state index contributed by atoms with van der Waals surface area (Å²) in [5.74, 6) is 3.12. The third-order valence-electron chi connectivity index (χ3n) is 2.56. The third kappa shape index (κ3) is 7.30. The molecule has 134 valence electrons. The van der Waals surface area contributed by atoms with E-state index in [1.165, 1.54) is 6.07 Å². The number of nitrogens with one attached hydrogen (secondary N) is 1. The van der Waals surface area contributed by atoms with E-state index in [0.717, 1.165) is 12.3 Å². The number of hydrogen-bond donors (Lipinski definition) is 3. The molecule has 0 spiro atoms. The van der Waals surface area contributed by atoms with Crippen molar-refractivity contribution in [2.24, 2.45) is 5.16 Å². The normalized spacial score (nSPS) is 12.2. The van der Waals surface area contributed by atoms with E-state index in [9.17, 15) is 14.0 Å². The van der Waals surface area contributed by atoms with E-state index in [-0.39, 0.29) is 17.8 Å². The summed E-state index contributed by atoms with van der Waals surface area (Å²) in [7, 11) is 0. The van der Waals surface area contributed by atoms with Crippen LogP contribution in [0.1, 0.15) is 38.6 Å². The van der Waals surface area contributed by atoms with E-state index in [1.807, 2.05) is 0 Å². The van der Waals surface area contributed by atoms with E-state index >= 15 is 0 Å². The molecular weight excluding hydrogens is 333 g/mol. The maximum Gasteiger partial charge on any atom is 0.408 e. The highest BCUT2D eigenvalue weighted by Gasteiger charge is 2.23. The smallest absolute Gasteiger partial charge is 0.408 e. The van der Waals surface area contributed by atoms with Gasteiger partial charge in [0.25, 0.3) is 0 Å². The highest BCUT2D eigenvalue weighted by molar-refractivity contribution is 5.80. The Labute approximate surface area is 143 Å². The molecule has 1 aromatic heterocycles. The Morgan fingerprint density at radius 3 is 2.72 bits per heavy atom. The summed E-state index contributed by atoms with van der Waals surface area (Å²) in [6.45, 7) is 4.95. The molecule has 0 aromatic carbocycles. The molecule has 0 aliphatic heterocycles. The van der Waals surface area contributed by atoms with Gasteiger partial charge in [0.15, 0.2) is 5.82 Å². The van der Waals surface area contributed by atoms with Crippen LogP contribution in [0.4, 0.5) is 9.18 Å². The van der Waals surface area contributed by atoms with Crippen molar-refractivity contribution in [1.29, 1.82) is 0 Å². The number of carboxylic acids is 1. The van der Waals surface area contributed by atoms with Crippen LogP contribution in [0.2, 0.25) is 0 Å². The molecule has 0 fully saturated rings. The van der Waals surface area contributed by atoms with Crippen molar-refractivity contribution < 1.29 is 29.0 Å². The first-order valence-corrected chi connectivity index (χ1v) is 7.17. The van der Waals surface area contributed by atoms with Crippen molar-refractivity contribution in [2.45, 2.75) is 38.8 Å². The van der Waals surface area contributed by atoms with Crippen LogP contribution in [0, 0.1) is 17.7 Å². The summed E-state index contributed by atoms with van der Waals surface area (Å²) in [4.78, 5) is 26.6. The molecule has 0 bridgehead atoms. The fraction of sp³-hybridized carbons (Fsp3) is 0.375. The molecule has 3 N–H and O–H groups in total. The Hall–Kier alpha value is -3.15. The third-order valence-corrected chi connectivity index (χ3v) is 2.56. The number of nitrogens with zero attached hydrogens (tertiary/aromatic N) is 2. The van der Waals surface area contributed by atoms with Crippen LogP contribution in [0.5, 0.6) is 0 Å². The zero-order valence-electron chi connectivity index (χ0n) is 13.9. The fourth-order valence-corrected chi connectivity index (χ4v) is 1.57. The van der Waals surface area contributed by atoms with E-state index in [2.05, 4.69) is 27.3 Å². The molecule has 25 heavy (non-hydrogen) atoms. The molecular formula is C16H18FN3O5. The molecule has 1 rings (SSSR count). The van der Waals surface area contributed by atoms with Crippen molar-refractivity contribution in [1.82, 2.24) is 10.3 Å².